The van der Waals surface area contributed by atoms with E-state index in [1.54, 1.807) is 26.0 Å². The zero-order valence-corrected chi connectivity index (χ0v) is 11.0. The van der Waals surface area contributed by atoms with Crippen LogP contribution in [0.25, 0.3) is 0 Å². The molecular weight excluding hydrogens is 260 g/mol. The van der Waals surface area contributed by atoms with Crippen LogP contribution < -0.4 is 4.74 Å². The first-order valence-corrected chi connectivity index (χ1v) is 5.86. The summed E-state index contributed by atoms with van der Waals surface area (Å²) in [4.78, 5) is 25.1. The first-order valence-electron chi connectivity index (χ1n) is 5.86. The van der Waals surface area contributed by atoms with Gasteiger partial charge in [0.2, 0.25) is 11.6 Å². The smallest absolute Gasteiger partial charge is 0.311 e. The molecule has 2 aromatic rings. The Morgan fingerprint density at radius 3 is 2.65 bits per heavy atom. The summed E-state index contributed by atoms with van der Waals surface area (Å²) in [6, 6.07) is 6.29. The molecule has 1 aromatic heterocycles. The summed E-state index contributed by atoms with van der Waals surface area (Å²) in [5, 5.41) is 11.0. The summed E-state index contributed by atoms with van der Waals surface area (Å²) in [7, 11) is 0. The fourth-order valence-corrected chi connectivity index (χ4v) is 1.72. The first-order chi connectivity index (χ1) is 9.51. The Hall–Kier alpha value is -2.76. The number of benzene rings is 1. The molecule has 0 saturated carbocycles. The third-order valence-corrected chi connectivity index (χ3v) is 2.71. The van der Waals surface area contributed by atoms with Gasteiger partial charge in [0, 0.05) is 23.4 Å². The van der Waals surface area contributed by atoms with Crippen LogP contribution in [0.4, 0.5) is 5.69 Å². The molecular formula is C14H12N2O4. The number of carbonyl (C=O) groups excluding carboxylic acids is 1. The first kappa shape index (κ1) is 13.7. The van der Waals surface area contributed by atoms with Gasteiger partial charge in [0.15, 0.2) is 6.29 Å². The van der Waals surface area contributed by atoms with Gasteiger partial charge in [-0.1, -0.05) is 6.07 Å². The van der Waals surface area contributed by atoms with Crippen LogP contribution >= 0.6 is 0 Å². The van der Waals surface area contributed by atoms with E-state index in [0.29, 0.717) is 17.4 Å². The number of aryl methyl sites for hydroxylation is 2. The Labute approximate surface area is 115 Å². The van der Waals surface area contributed by atoms with Gasteiger partial charge in [-0.05, 0) is 31.5 Å². The van der Waals surface area contributed by atoms with Crippen LogP contribution in [-0.2, 0) is 0 Å². The standard InChI is InChI=1S/C14H12N2O4/c1-9-3-4-13(12(5-9)16(18)19)20-14-10(2)6-11(8-17)7-15-14/h3-8H,1-2H3. The van der Waals surface area contributed by atoms with Gasteiger partial charge in [0.05, 0.1) is 4.92 Å². The van der Waals surface area contributed by atoms with Crippen LogP contribution in [0.1, 0.15) is 21.5 Å². The Morgan fingerprint density at radius 1 is 1.30 bits per heavy atom. The van der Waals surface area contributed by atoms with Crippen LogP contribution in [-0.4, -0.2) is 16.2 Å². The number of rotatable bonds is 4. The fraction of sp³-hybridized carbons (Fsp3) is 0.143. The van der Waals surface area contributed by atoms with Crippen molar-refractivity contribution in [2.24, 2.45) is 0 Å². The average Bonchev–Trinajstić information content (AvgIpc) is 2.42. The number of pyridine rings is 1. The van der Waals surface area contributed by atoms with Gasteiger partial charge in [-0.25, -0.2) is 4.98 Å². The minimum Gasteiger partial charge on any atom is -0.432 e. The van der Waals surface area contributed by atoms with Crippen LogP contribution in [0, 0.1) is 24.0 Å². The van der Waals surface area contributed by atoms with E-state index in [2.05, 4.69) is 4.98 Å². The number of nitro groups is 1. The summed E-state index contributed by atoms with van der Waals surface area (Å²) in [6.07, 6.45) is 2.04. The highest BCUT2D eigenvalue weighted by atomic mass is 16.6. The van der Waals surface area contributed by atoms with Crippen molar-refractivity contribution in [2.45, 2.75) is 13.8 Å². The molecule has 0 atom stereocenters. The Bertz CT molecular complexity index is 683. The van der Waals surface area contributed by atoms with E-state index < -0.39 is 4.92 Å². The second-order valence-corrected chi connectivity index (χ2v) is 4.34. The molecule has 0 bridgehead atoms. The summed E-state index contributed by atoms with van der Waals surface area (Å²) in [5.41, 5.74) is 1.70. The normalized spacial score (nSPS) is 10.1. The average molecular weight is 272 g/mol. The predicted molar refractivity (Wildman–Crippen MR) is 72.3 cm³/mol. The van der Waals surface area contributed by atoms with E-state index in [1.165, 1.54) is 18.3 Å². The number of nitrogens with zero attached hydrogens (tertiary/aromatic N) is 2. The molecule has 0 aliphatic heterocycles. The summed E-state index contributed by atoms with van der Waals surface area (Å²) >= 11 is 0. The molecule has 0 unspecified atom stereocenters. The summed E-state index contributed by atoms with van der Waals surface area (Å²) < 4.78 is 5.49. The van der Waals surface area contributed by atoms with E-state index in [4.69, 9.17) is 4.74 Å². The molecule has 0 radical (unpaired) electrons. The van der Waals surface area contributed by atoms with Crippen molar-refractivity contribution in [3.05, 3.63) is 57.3 Å². The SMILES string of the molecule is Cc1ccc(Oc2ncc(C=O)cc2C)c([N+](=O)[O-])c1. The third-order valence-electron chi connectivity index (χ3n) is 2.71. The van der Waals surface area contributed by atoms with Gasteiger partial charge in [-0.15, -0.1) is 0 Å². The third kappa shape index (κ3) is 2.80. The van der Waals surface area contributed by atoms with Crippen molar-refractivity contribution in [1.82, 2.24) is 4.98 Å². The lowest BCUT2D eigenvalue weighted by molar-refractivity contribution is -0.385. The summed E-state index contributed by atoms with van der Waals surface area (Å²) in [6.45, 7) is 3.48. The van der Waals surface area contributed by atoms with E-state index in [0.717, 1.165) is 5.56 Å². The maximum atomic E-state index is 11.0. The van der Waals surface area contributed by atoms with Gasteiger partial charge in [-0.2, -0.15) is 0 Å². The lowest BCUT2D eigenvalue weighted by Crippen LogP contribution is -1.97. The Morgan fingerprint density at radius 2 is 2.05 bits per heavy atom. The molecule has 1 heterocycles. The van der Waals surface area contributed by atoms with Gasteiger partial charge in [0.1, 0.15) is 0 Å². The number of hydrogen-bond acceptors (Lipinski definition) is 5. The van der Waals surface area contributed by atoms with Gasteiger partial charge in [-0.3, -0.25) is 14.9 Å². The van der Waals surface area contributed by atoms with Crippen LogP contribution in [0.2, 0.25) is 0 Å². The van der Waals surface area contributed by atoms with E-state index >= 15 is 0 Å². The largest absolute Gasteiger partial charge is 0.432 e. The Balaban J connectivity index is 2.39. The monoisotopic (exact) mass is 272 g/mol. The molecule has 0 saturated heterocycles. The highest BCUT2D eigenvalue weighted by molar-refractivity contribution is 5.74. The van der Waals surface area contributed by atoms with Gasteiger partial charge in [0.25, 0.3) is 0 Å². The van der Waals surface area contributed by atoms with E-state index in [1.807, 2.05) is 0 Å². The fourth-order valence-electron chi connectivity index (χ4n) is 1.72. The zero-order chi connectivity index (χ0) is 14.7. The number of aromatic nitrogens is 1. The number of carbonyl (C=O) groups is 1. The second kappa shape index (κ2) is 5.48. The summed E-state index contributed by atoms with van der Waals surface area (Å²) in [5.74, 6) is 0.359. The van der Waals surface area contributed by atoms with Crippen LogP contribution in [0.5, 0.6) is 11.6 Å². The van der Waals surface area contributed by atoms with Gasteiger partial charge < -0.3 is 4.74 Å². The molecule has 6 nitrogen and oxygen atoms in total. The number of hydrogen-bond donors (Lipinski definition) is 0. The van der Waals surface area contributed by atoms with Crippen molar-refractivity contribution < 1.29 is 14.5 Å². The minimum absolute atomic E-state index is 0.120. The molecule has 2 rings (SSSR count). The van der Waals surface area contributed by atoms with Crippen molar-refractivity contribution >= 4 is 12.0 Å². The zero-order valence-electron chi connectivity index (χ0n) is 11.0. The van der Waals surface area contributed by atoms with Crippen molar-refractivity contribution in [1.29, 1.82) is 0 Å². The second-order valence-electron chi connectivity index (χ2n) is 4.34. The molecule has 0 fully saturated rings. The number of ether oxygens (including phenoxy) is 1. The van der Waals surface area contributed by atoms with Crippen molar-refractivity contribution in [3.63, 3.8) is 0 Å². The van der Waals surface area contributed by atoms with Crippen LogP contribution in [0.15, 0.2) is 30.5 Å². The highest BCUT2D eigenvalue weighted by Crippen LogP contribution is 2.32. The predicted octanol–water partition coefficient (Wildman–Crippen LogP) is 3.21. The van der Waals surface area contributed by atoms with E-state index in [9.17, 15) is 14.9 Å². The topological polar surface area (TPSA) is 82.3 Å². The van der Waals surface area contributed by atoms with E-state index in [-0.39, 0.29) is 17.3 Å². The molecule has 6 heteroatoms. The van der Waals surface area contributed by atoms with Crippen molar-refractivity contribution in [2.75, 3.05) is 0 Å². The number of aldehydes is 1. The van der Waals surface area contributed by atoms with Crippen molar-refractivity contribution in [3.8, 4) is 11.6 Å². The Kier molecular flexibility index (Phi) is 3.74. The molecule has 0 aliphatic carbocycles. The maximum absolute atomic E-state index is 11.0. The lowest BCUT2D eigenvalue weighted by atomic mass is 10.2. The molecule has 0 N–H and O–H groups in total. The molecule has 20 heavy (non-hydrogen) atoms. The molecule has 0 spiro atoms. The number of nitro benzene ring substituents is 1. The minimum atomic E-state index is -0.503. The highest BCUT2D eigenvalue weighted by Gasteiger charge is 2.17. The van der Waals surface area contributed by atoms with Crippen LogP contribution in [0.3, 0.4) is 0 Å². The molecule has 0 amide bonds. The quantitative estimate of drug-likeness (QED) is 0.485. The molecule has 102 valence electrons. The molecule has 0 aliphatic rings. The lowest BCUT2D eigenvalue weighted by Gasteiger charge is -2.08. The molecule has 1 aromatic carbocycles. The van der Waals surface area contributed by atoms with Gasteiger partial charge >= 0.3 is 5.69 Å². The maximum Gasteiger partial charge on any atom is 0.311 e.